The Kier molecular flexibility index (Phi) is 8.95. The summed E-state index contributed by atoms with van der Waals surface area (Å²) in [7, 11) is -1.19. The Morgan fingerprint density at radius 3 is 2.00 bits per heavy atom. The van der Waals surface area contributed by atoms with Crippen molar-refractivity contribution in [3.05, 3.63) is 95.6 Å². The van der Waals surface area contributed by atoms with Crippen LogP contribution in [-0.4, -0.2) is 73.3 Å². The van der Waals surface area contributed by atoms with Crippen LogP contribution in [0.25, 0.3) is 0 Å². The molecule has 0 spiro atoms. The third-order valence-corrected chi connectivity index (χ3v) is 7.56. The molecule has 1 fully saturated rings. The molecule has 39 heavy (non-hydrogen) atoms. The largest absolute Gasteiger partial charge is 0.452 e. The van der Waals surface area contributed by atoms with E-state index in [-0.39, 0.29) is 16.8 Å². The van der Waals surface area contributed by atoms with Gasteiger partial charge >= 0.3 is 25.6 Å². The molecule has 2 amide bonds. The van der Waals surface area contributed by atoms with Crippen molar-refractivity contribution in [3.63, 3.8) is 0 Å². The smallest absolute Gasteiger partial charge is 0.355 e. The highest BCUT2D eigenvalue weighted by Crippen LogP contribution is 2.49. The Labute approximate surface area is 224 Å². The fraction of sp³-hybridized carbons (Fsp3) is 0.269. The molecule has 0 bridgehead atoms. The van der Waals surface area contributed by atoms with Crippen LogP contribution in [0.2, 0.25) is 0 Å². The van der Waals surface area contributed by atoms with Crippen LogP contribution in [0.4, 0.5) is 4.79 Å². The highest BCUT2D eigenvalue weighted by molar-refractivity contribution is 7.57. The van der Waals surface area contributed by atoms with Gasteiger partial charge in [-0.3, -0.25) is 9.46 Å². The van der Waals surface area contributed by atoms with E-state index in [1.165, 1.54) is 38.6 Å². The maximum Gasteiger partial charge on any atom is 0.355 e. The number of benzene rings is 2. The second-order valence-corrected chi connectivity index (χ2v) is 10.4. The van der Waals surface area contributed by atoms with Crippen LogP contribution in [0.5, 0.6) is 0 Å². The lowest BCUT2D eigenvalue weighted by atomic mass is 10.1. The molecule has 4 rings (SSSR count). The first-order valence-electron chi connectivity index (χ1n) is 11.8. The molecule has 2 aromatic carbocycles. The maximum absolute atomic E-state index is 13.1. The number of nitrogens with one attached hydrogen (secondary N) is 1. The zero-order valence-corrected chi connectivity index (χ0v) is 21.9. The Morgan fingerprint density at radius 1 is 0.974 bits per heavy atom. The van der Waals surface area contributed by atoms with Crippen LogP contribution < -0.4 is 5.32 Å². The molecule has 0 aromatic heterocycles. The summed E-state index contributed by atoms with van der Waals surface area (Å²) >= 11 is 0. The highest BCUT2D eigenvalue weighted by atomic mass is 31.2. The number of hydrogen-bond acceptors (Lipinski definition) is 10. The molecule has 4 atom stereocenters. The number of aliphatic hydroxyl groups is 1. The van der Waals surface area contributed by atoms with Crippen LogP contribution in [0.3, 0.4) is 0 Å². The van der Waals surface area contributed by atoms with Gasteiger partial charge in [-0.15, -0.1) is 0 Å². The molecule has 0 aliphatic carbocycles. The van der Waals surface area contributed by atoms with Crippen molar-refractivity contribution in [2.75, 3.05) is 20.8 Å². The third-order valence-electron chi connectivity index (χ3n) is 5.95. The van der Waals surface area contributed by atoms with E-state index in [0.717, 1.165) is 10.7 Å². The Bertz CT molecular complexity index is 1290. The molecule has 2 N–H and O–H groups in total. The summed E-state index contributed by atoms with van der Waals surface area (Å²) in [6.07, 6.45) is -2.30. The monoisotopic (exact) mass is 558 g/mol. The number of amides is 2. The number of esters is 2. The molecule has 2 aliphatic rings. The quantitative estimate of drug-likeness (QED) is 0.347. The molecule has 0 saturated carbocycles. The SMILES string of the molecule is COP(=O)(/C=C1\C=CN([C@@H]2O[C@H](CO)[C@@H](OC(=O)c3ccccc3)[C@H]2OC(=O)c2ccccc2)C(=O)N1)OC. The van der Waals surface area contributed by atoms with Crippen molar-refractivity contribution in [1.29, 1.82) is 0 Å². The summed E-state index contributed by atoms with van der Waals surface area (Å²) < 4.78 is 39.4. The van der Waals surface area contributed by atoms with Crippen molar-refractivity contribution >= 4 is 25.6 Å². The number of aliphatic hydroxyl groups excluding tert-OH is 1. The van der Waals surface area contributed by atoms with Gasteiger partial charge in [0.25, 0.3) is 0 Å². The topological polar surface area (TPSA) is 150 Å². The number of rotatable bonds is 9. The minimum Gasteiger partial charge on any atom is -0.452 e. The number of hydrogen-bond donors (Lipinski definition) is 2. The molecule has 2 heterocycles. The molecule has 13 heteroatoms. The van der Waals surface area contributed by atoms with E-state index in [0.29, 0.717) is 0 Å². The maximum atomic E-state index is 13.1. The minimum absolute atomic E-state index is 0.130. The lowest BCUT2D eigenvalue weighted by Gasteiger charge is -2.32. The van der Waals surface area contributed by atoms with Crippen molar-refractivity contribution in [2.24, 2.45) is 0 Å². The van der Waals surface area contributed by atoms with Gasteiger partial charge in [-0.1, -0.05) is 36.4 Å². The standard InChI is InChI=1S/C26H27N2O10P/c1-34-39(33,35-2)16-19-13-14-28(26(32)27-19)23-22(38-25(31)18-11-7-4-8-12-18)21(20(15-29)36-23)37-24(30)17-9-5-3-6-10-17/h3-14,16,20-23,29H,15H2,1-2H3,(H,27,32)/b19-16+/t20-,21-,22-,23-/m1/s1. The highest BCUT2D eigenvalue weighted by Gasteiger charge is 2.53. The van der Waals surface area contributed by atoms with Crippen molar-refractivity contribution in [2.45, 2.75) is 24.5 Å². The zero-order valence-electron chi connectivity index (χ0n) is 21.0. The molecule has 1 saturated heterocycles. The molecule has 206 valence electrons. The van der Waals surface area contributed by atoms with Crippen LogP contribution in [0.15, 0.2) is 84.5 Å². The Morgan fingerprint density at radius 2 is 1.51 bits per heavy atom. The van der Waals surface area contributed by atoms with E-state index in [1.807, 2.05) is 0 Å². The molecule has 12 nitrogen and oxygen atoms in total. The summed E-state index contributed by atoms with van der Waals surface area (Å²) in [6.45, 7) is -0.599. The summed E-state index contributed by atoms with van der Waals surface area (Å²) in [5.41, 5.74) is 0.581. The normalized spacial score (nSPS) is 23.9. The minimum atomic E-state index is -3.59. The van der Waals surface area contributed by atoms with Gasteiger partial charge in [-0.2, -0.15) is 0 Å². The van der Waals surface area contributed by atoms with Crippen molar-refractivity contribution in [3.8, 4) is 0 Å². The number of allylic oxidation sites excluding steroid dienone is 1. The van der Waals surface area contributed by atoms with Gasteiger partial charge in [-0.05, 0) is 30.3 Å². The van der Waals surface area contributed by atoms with Crippen molar-refractivity contribution in [1.82, 2.24) is 10.2 Å². The van der Waals surface area contributed by atoms with E-state index in [4.69, 9.17) is 23.3 Å². The average Bonchev–Trinajstić information content (AvgIpc) is 3.30. The average molecular weight is 558 g/mol. The molecule has 0 unspecified atom stereocenters. The lowest BCUT2D eigenvalue weighted by molar-refractivity contribution is -0.0701. The van der Waals surface area contributed by atoms with Gasteiger partial charge < -0.3 is 33.7 Å². The fourth-order valence-corrected chi connectivity index (χ4v) is 4.81. The summed E-state index contributed by atoms with van der Waals surface area (Å²) in [5, 5.41) is 12.6. The van der Waals surface area contributed by atoms with Gasteiger partial charge in [0.05, 0.1) is 29.2 Å². The first-order chi connectivity index (χ1) is 18.8. The van der Waals surface area contributed by atoms with Crippen LogP contribution in [0.1, 0.15) is 20.7 Å². The Balaban J connectivity index is 1.65. The first-order valence-corrected chi connectivity index (χ1v) is 13.4. The van der Waals surface area contributed by atoms with E-state index in [2.05, 4.69) is 5.32 Å². The molecule has 2 aromatic rings. The lowest BCUT2D eigenvalue weighted by Crippen LogP contribution is -2.51. The van der Waals surface area contributed by atoms with Gasteiger partial charge in [0.2, 0.25) is 0 Å². The zero-order chi connectivity index (χ0) is 28.0. The number of ether oxygens (including phenoxy) is 3. The molecule has 2 aliphatic heterocycles. The van der Waals surface area contributed by atoms with E-state index >= 15 is 0 Å². The second-order valence-electron chi connectivity index (χ2n) is 8.36. The molecular formula is C26H27N2O10P. The van der Waals surface area contributed by atoms with Gasteiger partial charge in [0, 0.05) is 20.4 Å². The third kappa shape index (κ3) is 6.44. The van der Waals surface area contributed by atoms with Crippen LogP contribution >= 0.6 is 7.60 Å². The predicted molar refractivity (Wildman–Crippen MR) is 136 cm³/mol. The summed E-state index contributed by atoms with van der Waals surface area (Å²) in [6, 6.07) is 15.5. The van der Waals surface area contributed by atoms with Gasteiger partial charge in [0.15, 0.2) is 18.4 Å². The van der Waals surface area contributed by atoms with Gasteiger partial charge in [-0.25, -0.2) is 14.4 Å². The van der Waals surface area contributed by atoms with Crippen molar-refractivity contribution < 1.29 is 47.3 Å². The molecular weight excluding hydrogens is 531 g/mol. The number of urea groups is 1. The molecule has 0 radical (unpaired) electrons. The first kappa shape index (κ1) is 28.2. The summed E-state index contributed by atoms with van der Waals surface area (Å²) in [5.74, 6) is -0.360. The number of nitrogens with zero attached hydrogens (tertiary/aromatic N) is 1. The fourth-order valence-electron chi connectivity index (χ4n) is 3.96. The Hall–Kier alpha value is -3.80. The number of carbonyl (C=O) groups excluding carboxylic acids is 3. The second kappa shape index (κ2) is 12.4. The number of carbonyl (C=O) groups is 3. The summed E-state index contributed by atoms with van der Waals surface area (Å²) in [4.78, 5) is 40.0. The van der Waals surface area contributed by atoms with E-state index in [1.54, 1.807) is 48.5 Å². The van der Waals surface area contributed by atoms with Crippen LogP contribution in [0, 0.1) is 0 Å². The van der Waals surface area contributed by atoms with Gasteiger partial charge in [0.1, 0.15) is 6.10 Å². The van der Waals surface area contributed by atoms with Crippen LogP contribution in [-0.2, 0) is 27.8 Å². The van der Waals surface area contributed by atoms with E-state index in [9.17, 15) is 24.1 Å². The van der Waals surface area contributed by atoms with E-state index < -0.39 is 56.7 Å². The predicted octanol–water partition coefficient (Wildman–Crippen LogP) is 3.02.